The second-order valence-corrected chi connectivity index (χ2v) is 13.6. The zero-order chi connectivity index (χ0) is 32.5. The molecule has 6 atom stereocenters. The predicted octanol–water partition coefficient (Wildman–Crippen LogP) is 3.40. The van der Waals surface area contributed by atoms with Gasteiger partial charge >= 0.3 is 29.8 Å². The quantitative estimate of drug-likeness (QED) is 0.0911. The molecule has 4 fully saturated rings. The second-order valence-electron chi connectivity index (χ2n) is 13.6. The highest BCUT2D eigenvalue weighted by atomic mass is 17.3. The monoisotopic (exact) mass is 640 g/mol. The topological polar surface area (TPSA) is 218 Å². The van der Waals surface area contributed by atoms with E-state index in [-0.39, 0.29) is 50.3 Å². The highest BCUT2D eigenvalue weighted by molar-refractivity contribution is 5.82. The van der Waals surface area contributed by atoms with Crippen LogP contribution in [0.1, 0.15) is 96.3 Å². The van der Waals surface area contributed by atoms with Gasteiger partial charge in [0.05, 0.1) is 36.2 Å². The molecule has 6 unspecified atom stereocenters. The van der Waals surface area contributed by atoms with Crippen molar-refractivity contribution in [1.29, 1.82) is 0 Å². The Balaban J connectivity index is 1.06. The van der Waals surface area contributed by atoms with Crippen LogP contribution in [0.15, 0.2) is 0 Å². The summed E-state index contributed by atoms with van der Waals surface area (Å²) < 4.78 is 0. The molecule has 4 saturated carbocycles. The normalized spacial score (nSPS) is 35.6. The van der Waals surface area contributed by atoms with Crippen LogP contribution in [0.25, 0.3) is 0 Å². The summed E-state index contributed by atoms with van der Waals surface area (Å²) in [5.74, 6) is -7.91. The maximum atomic E-state index is 12.7. The van der Waals surface area contributed by atoms with Crippen LogP contribution in [0.5, 0.6) is 0 Å². The first-order valence-corrected chi connectivity index (χ1v) is 16.4. The van der Waals surface area contributed by atoms with Crippen molar-refractivity contribution >= 4 is 29.8 Å². The van der Waals surface area contributed by atoms with E-state index >= 15 is 0 Å². The summed E-state index contributed by atoms with van der Waals surface area (Å²) in [6, 6.07) is 0.160. The molecular weight excluding hydrogens is 592 g/mol. The minimum Gasteiger partial charge on any atom is -0.481 e. The van der Waals surface area contributed by atoms with Gasteiger partial charge in [0.15, 0.2) is 0 Å². The lowest BCUT2D eigenvalue weighted by Gasteiger charge is -2.34. The van der Waals surface area contributed by atoms with Crippen molar-refractivity contribution in [2.75, 3.05) is 6.61 Å². The third-order valence-corrected chi connectivity index (χ3v) is 10.7. The molecule has 4 aliphatic carbocycles. The van der Waals surface area contributed by atoms with Crippen LogP contribution in [0, 0.1) is 47.3 Å². The highest BCUT2D eigenvalue weighted by Gasteiger charge is 2.43. The van der Waals surface area contributed by atoms with Crippen LogP contribution >= 0.6 is 0 Å². The van der Waals surface area contributed by atoms with Crippen molar-refractivity contribution < 1.29 is 59.1 Å². The van der Waals surface area contributed by atoms with Crippen molar-refractivity contribution in [3.63, 3.8) is 0 Å². The summed E-state index contributed by atoms with van der Waals surface area (Å²) >= 11 is 0. The maximum absolute atomic E-state index is 12.7. The van der Waals surface area contributed by atoms with E-state index in [1.807, 2.05) is 0 Å². The maximum Gasteiger partial charge on any atom is 0.328 e. The van der Waals surface area contributed by atoms with Crippen molar-refractivity contribution in [3.8, 4) is 0 Å². The van der Waals surface area contributed by atoms with Gasteiger partial charge in [-0.2, -0.15) is 11.0 Å². The molecule has 0 spiro atoms. The van der Waals surface area contributed by atoms with Crippen molar-refractivity contribution in [3.05, 3.63) is 0 Å². The summed E-state index contributed by atoms with van der Waals surface area (Å²) in [4.78, 5) is 74.3. The lowest BCUT2D eigenvalue weighted by molar-refractivity contribution is -0.351. The van der Waals surface area contributed by atoms with Crippen LogP contribution in [-0.4, -0.2) is 69.0 Å². The summed E-state index contributed by atoms with van der Waals surface area (Å²) in [7, 11) is 0. The minimum absolute atomic E-state index is 0.0129. The number of nitrogens with one attached hydrogen (secondary N) is 2. The van der Waals surface area contributed by atoms with Crippen molar-refractivity contribution in [2.45, 2.75) is 108 Å². The van der Waals surface area contributed by atoms with Crippen LogP contribution in [0.3, 0.4) is 0 Å². The lowest BCUT2D eigenvalue weighted by atomic mass is 9.74. The third-order valence-electron chi connectivity index (χ3n) is 10.7. The first kappa shape index (κ1) is 35.1. The summed E-state index contributed by atoms with van der Waals surface area (Å²) in [6.07, 6.45) is 10.3. The van der Waals surface area contributed by atoms with Gasteiger partial charge in [-0.25, -0.2) is 4.89 Å². The molecule has 0 radical (unpaired) electrons. The van der Waals surface area contributed by atoms with E-state index < -0.39 is 59.4 Å². The zero-order valence-corrected chi connectivity index (χ0v) is 25.6. The number of rotatable bonds is 14. The first-order valence-electron chi connectivity index (χ1n) is 16.4. The SMILES string of the molecule is O=C(O)C1CCC(COONC2CCC(CC3CCC(NOC(=O)C4CCC(C(=O)O)CC4C(=O)O)CC3)CC2)C(C(=O)O)C1. The molecule has 14 nitrogen and oxygen atoms in total. The predicted molar refractivity (Wildman–Crippen MR) is 155 cm³/mol. The number of hydroxylamine groups is 2. The molecule has 0 bridgehead atoms. The number of hydrogen-bond donors (Lipinski definition) is 6. The molecule has 4 aliphatic rings. The van der Waals surface area contributed by atoms with E-state index in [1.54, 1.807) is 0 Å². The van der Waals surface area contributed by atoms with E-state index in [0.717, 1.165) is 57.8 Å². The minimum atomic E-state index is -1.17. The molecule has 0 amide bonds. The summed E-state index contributed by atoms with van der Waals surface area (Å²) in [5, 5.41) is 37.5. The number of carbonyl (C=O) groups is 5. The molecule has 0 aromatic rings. The Morgan fingerprint density at radius 1 is 0.556 bits per heavy atom. The van der Waals surface area contributed by atoms with E-state index in [9.17, 15) is 44.4 Å². The number of aliphatic carboxylic acids is 4. The average molecular weight is 641 g/mol. The molecular formula is C31H48N2O12. The van der Waals surface area contributed by atoms with Gasteiger partial charge < -0.3 is 25.3 Å². The molecule has 0 saturated heterocycles. The smallest absolute Gasteiger partial charge is 0.328 e. The third kappa shape index (κ3) is 10.1. The zero-order valence-electron chi connectivity index (χ0n) is 25.6. The fourth-order valence-corrected chi connectivity index (χ4v) is 7.85. The van der Waals surface area contributed by atoms with Gasteiger partial charge in [-0.15, -0.1) is 4.99 Å². The lowest BCUT2D eigenvalue weighted by Crippen LogP contribution is -2.42. The van der Waals surface area contributed by atoms with E-state index in [0.29, 0.717) is 24.7 Å². The van der Waals surface area contributed by atoms with Crippen LogP contribution in [0.2, 0.25) is 0 Å². The fraction of sp³-hybridized carbons (Fsp3) is 0.839. The largest absolute Gasteiger partial charge is 0.481 e. The summed E-state index contributed by atoms with van der Waals surface area (Å²) in [6.45, 7) is 0.0963. The van der Waals surface area contributed by atoms with Gasteiger partial charge in [0, 0.05) is 12.1 Å². The van der Waals surface area contributed by atoms with Crippen LogP contribution in [0.4, 0.5) is 0 Å². The molecule has 0 aliphatic heterocycles. The molecule has 0 aromatic carbocycles. The second kappa shape index (κ2) is 16.7. The number of carboxylic acid groups (broad SMARTS) is 4. The Hall–Kier alpha value is -2.81. The fourth-order valence-electron chi connectivity index (χ4n) is 7.85. The molecule has 14 heteroatoms. The Morgan fingerprint density at radius 3 is 1.60 bits per heavy atom. The van der Waals surface area contributed by atoms with E-state index in [2.05, 4.69) is 11.0 Å². The van der Waals surface area contributed by atoms with E-state index in [4.69, 9.17) is 14.7 Å². The van der Waals surface area contributed by atoms with Crippen molar-refractivity contribution in [1.82, 2.24) is 11.0 Å². The number of carbonyl (C=O) groups excluding carboxylic acids is 1. The molecule has 0 heterocycles. The van der Waals surface area contributed by atoms with Crippen molar-refractivity contribution in [2.24, 2.45) is 47.3 Å². The van der Waals surface area contributed by atoms with Gasteiger partial charge in [-0.1, -0.05) is 0 Å². The summed E-state index contributed by atoms with van der Waals surface area (Å²) in [5.41, 5.74) is 5.81. The highest BCUT2D eigenvalue weighted by Crippen LogP contribution is 2.38. The Kier molecular flexibility index (Phi) is 13.0. The van der Waals surface area contributed by atoms with Crippen LogP contribution in [-0.2, 0) is 38.7 Å². The van der Waals surface area contributed by atoms with Gasteiger partial charge in [0.1, 0.15) is 0 Å². The van der Waals surface area contributed by atoms with Gasteiger partial charge in [0.25, 0.3) is 0 Å². The standard InChI is InChI=1S/C31H48N2O12/c34-27(35)19-5-6-21(25(14-19)29(38)39)16-43-45-33-23-10-3-18(4-11-23)13-17-1-8-22(9-2-17)32-44-31(42)24-12-7-20(28(36)37)15-26(24)30(40)41/h17-26,32-33H,1-16H2,(H,34,35)(H,36,37)(H,38,39)(H,40,41). The van der Waals surface area contributed by atoms with E-state index in [1.165, 1.54) is 0 Å². The van der Waals surface area contributed by atoms with Crippen LogP contribution < -0.4 is 11.0 Å². The Morgan fingerprint density at radius 2 is 1.07 bits per heavy atom. The molecule has 0 aromatic heterocycles. The Labute approximate surface area is 262 Å². The number of carboxylic acids is 4. The van der Waals surface area contributed by atoms with Gasteiger partial charge in [-0.3, -0.25) is 24.0 Å². The van der Waals surface area contributed by atoms with Gasteiger partial charge in [0.2, 0.25) is 0 Å². The molecule has 6 N–H and O–H groups in total. The molecule has 254 valence electrons. The molecule has 45 heavy (non-hydrogen) atoms. The first-order chi connectivity index (χ1) is 21.5. The number of hydrogen-bond acceptors (Lipinski definition) is 10. The Bertz CT molecular complexity index is 1040. The van der Waals surface area contributed by atoms with Gasteiger partial charge in [-0.05, 0) is 114 Å². The molecule has 4 rings (SSSR count). The average Bonchev–Trinajstić information content (AvgIpc) is 3.02.